The quantitative estimate of drug-likeness (QED) is 0.698. The third-order valence-corrected chi connectivity index (χ3v) is 5.10. The third-order valence-electron chi connectivity index (χ3n) is 5.10. The predicted molar refractivity (Wildman–Crippen MR) is 103 cm³/mol. The van der Waals surface area contributed by atoms with Gasteiger partial charge in [0.15, 0.2) is 5.65 Å². The van der Waals surface area contributed by atoms with Crippen molar-refractivity contribution in [1.29, 1.82) is 0 Å². The summed E-state index contributed by atoms with van der Waals surface area (Å²) in [5.41, 5.74) is 2.30. The Morgan fingerprint density at radius 1 is 1.36 bits per heavy atom. The lowest BCUT2D eigenvalue weighted by Crippen LogP contribution is -2.39. The Morgan fingerprint density at radius 3 is 2.93 bits per heavy atom. The van der Waals surface area contributed by atoms with Crippen molar-refractivity contribution in [3.8, 4) is 0 Å². The van der Waals surface area contributed by atoms with Crippen LogP contribution in [0.4, 0.5) is 0 Å². The highest BCUT2D eigenvalue weighted by Crippen LogP contribution is 2.16. The number of hydrogen-bond donors (Lipinski definition) is 1. The van der Waals surface area contributed by atoms with Crippen LogP contribution < -0.4 is 5.56 Å². The lowest BCUT2D eigenvalue weighted by atomic mass is 10.1. The average molecular weight is 381 g/mol. The molecule has 3 aromatic rings. The Balaban J connectivity index is 1.58. The minimum absolute atomic E-state index is 0.0113. The minimum atomic E-state index is -0.234. The van der Waals surface area contributed by atoms with Crippen LogP contribution in [0.25, 0.3) is 5.65 Å². The lowest BCUT2D eigenvalue weighted by molar-refractivity contribution is -0.132. The largest absolute Gasteiger partial charge is 0.376 e. The summed E-state index contributed by atoms with van der Waals surface area (Å²) in [6, 6.07) is 5.51. The van der Waals surface area contributed by atoms with Crippen LogP contribution in [0.5, 0.6) is 0 Å². The standard InChI is InChI=1S/C20H23N5O3/c1-14-17(20(27)25-18(23-14)6-9-22-25)11-19(26)24(13-16-3-2-10-28-16)12-15-4-7-21-8-5-15/h4-9,16,22H,2-3,10-13H2,1H3. The van der Waals surface area contributed by atoms with Gasteiger partial charge < -0.3 is 9.64 Å². The summed E-state index contributed by atoms with van der Waals surface area (Å²) < 4.78 is 7.09. The number of pyridine rings is 1. The Labute approximate surface area is 162 Å². The van der Waals surface area contributed by atoms with Crippen molar-refractivity contribution in [2.45, 2.75) is 38.8 Å². The number of carbonyl (C=O) groups excluding carboxylic acids is 1. The molecule has 3 aromatic heterocycles. The van der Waals surface area contributed by atoms with E-state index in [1.165, 1.54) is 4.52 Å². The number of aromatic nitrogens is 4. The maximum absolute atomic E-state index is 13.2. The van der Waals surface area contributed by atoms with E-state index < -0.39 is 0 Å². The number of aryl methyl sites for hydroxylation is 1. The van der Waals surface area contributed by atoms with E-state index in [2.05, 4.69) is 15.1 Å². The molecule has 146 valence electrons. The molecule has 4 heterocycles. The number of fused-ring (bicyclic) bond motifs is 1. The van der Waals surface area contributed by atoms with Gasteiger partial charge in [-0.15, -0.1) is 0 Å². The molecule has 1 amide bonds. The molecule has 1 aliphatic heterocycles. The molecule has 28 heavy (non-hydrogen) atoms. The number of nitrogens with zero attached hydrogens (tertiary/aromatic N) is 4. The fourth-order valence-electron chi connectivity index (χ4n) is 3.57. The topological polar surface area (TPSA) is 92.6 Å². The van der Waals surface area contributed by atoms with Crippen LogP contribution in [0.2, 0.25) is 0 Å². The number of hydrogen-bond acceptors (Lipinski definition) is 5. The first-order chi connectivity index (χ1) is 13.6. The first kappa shape index (κ1) is 18.4. The summed E-state index contributed by atoms with van der Waals surface area (Å²) in [5, 5.41) is 2.85. The summed E-state index contributed by atoms with van der Waals surface area (Å²) in [7, 11) is 0. The zero-order valence-corrected chi connectivity index (χ0v) is 15.8. The minimum Gasteiger partial charge on any atom is -0.376 e. The van der Waals surface area contributed by atoms with Crippen molar-refractivity contribution >= 4 is 11.6 Å². The number of aromatic amines is 1. The van der Waals surface area contributed by atoms with Crippen LogP contribution in [0, 0.1) is 6.92 Å². The van der Waals surface area contributed by atoms with E-state index in [0.29, 0.717) is 30.0 Å². The molecule has 0 aromatic carbocycles. The molecule has 1 saturated heterocycles. The molecule has 0 spiro atoms. The summed E-state index contributed by atoms with van der Waals surface area (Å²) in [5.74, 6) is -0.110. The van der Waals surface area contributed by atoms with Crippen molar-refractivity contribution in [3.63, 3.8) is 0 Å². The molecule has 0 radical (unpaired) electrons. The number of nitrogens with one attached hydrogen (secondary N) is 1. The van der Waals surface area contributed by atoms with Crippen LogP contribution in [0.15, 0.2) is 41.6 Å². The predicted octanol–water partition coefficient (Wildman–Crippen LogP) is 1.48. The molecular weight excluding hydrogens is 358 g/mol. The fourth-order valence-corrected chi connectivity index (χ4v) is 3.57. The second kappa shape index (κ2) is 7.93. The van der Waals surface area contributed by atoms with Gasteiger partial charge in [-0.05, 0) is 37.5 Å². The van der Waals surface area contributed by atoms with Gasteiger partial charge in [0.25, 0.3) is 5.56 Å². The molecule has 1 aliphatic rings. The van der Waals surface area contributed by atoms with Crippen molar-refractivity contribution < 1.29 is 9.53 Å². The molecule has 0 aliphatic carbocycles. The maximum atomic E-state index is 13.2. The monoisotopic (exact) mass is 381 g/mol. The van der Waals surface area contributed by atoms with Crippen molar-refractivity contribution in [3.05, 3.63) is 64.0 Å². The SMILES string of the molecule is Cc1nc2cc[nH]n2c(=O)c1CC(=O)N(Cc1ccncc1)CC1CCCO1. The van der Waals surface area contributed by atoms with E-state index in [1.54, 1.807) is 36.5 Å². The van der Waals surface area contributed by atoms with Gasteiger partial charge in [0.1, 0.15) is 0 Å². The van der Waals surface area contributed by atoms with Gasteiger partial charge in [0.2, 0.25) is 5.91 Å². The third kappa shape index (κ3) is 3.82. The van der Waals surface area contributed by atoms with E-state index in [1.807, 2.05) is 12.1 Å². The van der Waals surface area contributed by atoms with E-state index >= 15 is 0 Å². The molecule has 1 unspecified atom stereocenters. The smallest absolute Gasteiger partial charge is 0.276 e. The summed E-state index contributed by atoms with van der Waals surface area (Å²) >= 11 is 0. The van der Waals surface area contributed by atoms with E-state index in [9.17, 15) is 9.59 Å². The Bertz CT molecular complexity index is 1020. The fraction of sp³-hybridized carbons (Fsp3) is 0.400. The summed E-state index contributed by atoms with van der Waals surface area (Å²) in [6.45, 7) is 3.47. The Morgan fingerprint density at radius 2 is 2.18 bits per heavy atom. The zero-order chi connectivity index (χ0) is 19.5. The molecule has 8 nitrogen and oxygen atoms in total. The second-order valence-electron chi connectivity index (χ2n) is 7.08. The van der Waals surface area contributed by atoms with Gasteiger partial charge in [-0.25, -0.2) is 9.50 Å². The molecule has 8 heteroatoms. The van der Waals surface area contributed by atoms with Gasteiger partial charge >= 0.3 is 0 Å². The normalized spacial score (nSPS) is 16.5. The van der Waals surface area contributed by atoms with Gasteiger partial charge in [-0.1, -0.05) is 0 Å². The highest BCUT2D eigenvalue weighted by Gasteiger charge is 2.24. The highest BCUT2D eigenvalue weighted by atomic mass is 16.5. The number of amides is 1. The maximum Gasteiger partial charge on any atom is 0.276 e. The second-order valence-corrected chi connectivity index (χ2v) is 7.08. The first-order valence-electron chi connectivity index (χ1n) is 9.45. The average Bonchev–Trinajstić information content (AvgIpc) is 3.37. The van der Waals surface area contributed by atoms with E-state index in [0.717, 1.165) is 25.0 Å². The lowest BCUT2D eigenvalue weighted by Gasteiger charge is -2.26. The van der Waals surface area contributed by atoms with Gasteiger partial charge in [-0.2, -0.15) is 0 Å². The Hall–Kier alpha value is -3.00. The van der Waals surface area contributed by atoms with Crippen LogP contribution >= 0.6 is 0 Å². The molecular formula is C20H23N5O3. The number of ether oxygens (including phenoxy) is 1. The van der Waals surface area contributed by atoms with Gasteiger partial charge in [-0.3, -0.25) is 19.7 Å². The molecule has 4 rings (SSSR count). The van der Waals surface area contributed by atoms with Crippen LogP contribution in [-0.2, 0) is 22.5 Å². The van der Waals surface area contributed by atoms with Crippen LogP contribution in [0.1, 0.15) is 29.7 Å². The van der Waals surface area contributed by atoms with E-state index in [4.69, 9.17) is 4.74 Å². The van der Waals surface area contributed by atoms with Crippen LogP contribution in [-0.4, -0.2) is 49.6 Å². The number of carbonyl (C=O) groups is 1. The Kier molecular flexibility index (Phi) is 5.21. The molecule has 0 bridgehead atoms. The van der Waals surface area contributed by atoms with E-state index in [-0.39, 0.29) is 24.0 Å². The van der Waals surface area contributed by atoms with Crippen molar-refractivity contribution in [2.75, 3.05) is 13.2 Å². The number of rotatable bonds is 6. The van der Waals surface area contributed by atoms with Gasteiger partial charge in [0, 0.05) is 55.6 Å². The molecule has 1 atom stereocenters. The van der Waals surface area contributed by atoms with Gasteiger partial charge in [0.05, 0.1) is 12.5 Å². The summed E-state index contributed by atoms with van der Waals surface area (Å²) in [4.78, 5) is 36.1. The zero-order valence-electron chi connectivity index (χ0n) is 15.8. The molecule has 1 N–H and O–H groups in total. The number of H-pyrrole nitrogens is 1. The van der Waals surface area contributed by atoms with Crippen molar-refractivity contribution in [1.82, 2.24) is 24.5 Å². The van der Waals surface area contributed by atoms with Crippen molar-refractivity contribution in [2.24, 2.45) is 0 Å². The van der Waals surface area contributed by atoms with Crippen LogP contribution in [0.3, 0.4) is 0 Å². The molecule has 0 saturated carbocycles. The summed E-state index contributed by atoms with van der Waals surface area (Å²) in [6.07, 6.45) is 7.08. The first-order valence-corrected chi connectivity index (χ1v) is 9.45. The molecule has 1 fully saturated rings. The highest BCUT2D eigenvalue weighted by molar-refractivity contribution is 5.79.